The van der Waals surface area contributed by atoms with E-state index in [-0.39, 0.29) is 13.0 Å². The zero-order chi connectivity index (χ0) is 19.3. The molecule has 1 aliphatic heterocycles. The average molecular weight is 392 g/mol. The molecule has 1 rings (SSSR count). The molecule has 7 nitrogen and oxygen atoms in total. The molecule has 0 aromatic rings. The Labute approximate surface area is 157 Å². The van der Waals surface area contributed by atoms with E-state index in [1.807, 2.05) is 11.0 Å². The number of nitrogens with zero attached hydrogens (tertiary/aromatic N) is 1. The van der Waals surface area contributed by atoms with Gasteiger partial charge in [0.05, 0.1) is 13.2 Å². The van der Waals surface area contributed by atoms with Crippen molar-refractivity contribution in [3.63, 3.8) is 0 Å². The Morgan fingerprint density at radius 3 is 2.38 bits per heavy atom. The van der Waals surface area contributed by atoms with Crippen molar-refractivity contribution < 1.29 is 27.2 Å². The fraction of sp³-hybridized carbons (Fsp3) is 0.833. The Kier molecular flexibility index (Phi) is 11.8. The molecule has 0 aliphatic carbocycles. The van der Waals surface area contributed by atoms with Crippen molar-refractivity contribution in [3.8, 4) is 0 Å². The Bertz CT molecular complexity index is 502. The molecular weight excluding hydrogens is 358 g/mol. The molecule has 1 saturated heterocycles. The highest BCUT2D eigenvalue weighted by molar-refractivity contribution is 7.85. The second-order valence-electron chi connectivity index (χ2n) is 6.72. The third-order valence-electron chi connectivity index (χ3n) is 4.30. The number of morpholine rings is 1. The standard InChI is InChI=1S/C18H33NO6S/c1-2-3-4-5-6-7-8-9-10-18(20)25-17(16-26(21,22)23)15-19-11-13-24-14-12-19/h2,17H,1,3-16H2,(H,21,22,23). The molecule has 1 atom stereocenters. The van der Waals surface area contributed by atoms with E-state index < -0.39 is 27.9 Å². The SMILES string of the molecule is C=CCCCCCCCCC(=O)OC(CN1CCOCC1)CS(=O)(=O)O. The number of hydrogen-bond donors (Lipinski definition) is 1. The average Bonchev–Trinajstić information content (AvgIpc) is 2.56. The molecule has 1 aliphatic rings. The van der Waals surface area contributed by atoms with Crippen LogP contribution < -0.4 is 0 Å². The van der Waals surface area contributed by atoms with Crippen molar-refractivity contribution in [2.45, 2.75) is 57.5 Å². The van der Waals surface area contributed by atoms with Crippen molar-refractivity contribution >= 4 is 16.1 Å². The lowest BCUT2D eigenvalue weighted by Crippen LogP contribution is -2.44. The Morgan fingerprint density at radius 1 is 1.15 bits per heavy atom. The fourth-order valence-electron chi connectivity index (χ4n) is 2.94. The van der Waals surface area contributed by atoms with Gasteiger partial charge in [0.1, 0.15) is 11.9 Å². The molecule has 152 valence electrons. The largest absolute Gasteiger partial charge is 0.460 e. The van der Waals surface area contributed by atoms with E-state index in [1.54, 1.807) is 0 Å². The van der Waals surface area contributed by atoms with Gasteiger partial charge in [0, 0.05) is 26.1 Å². The van der Waals surface area contributed by atoms with Gasteiger partial charge in [-0.1, -0.05) is 31.8 Å². The van der Waals surface area contributed by atoms with Gasteiger partial charge >= 0.3 is 5.97 Å². The highest BCUT2D eigenvalue weighted by atomic mass is 32.2. The first-order valence-corrected chi connectivity index (χ1v) is 11.1. The summed E-state index contributed by atoms with van der Waals surface area (Å²) in [5.74, 6) is -0.974. The minimum absolute atomic E-state index is 0.276. The summed E-state index contributed by atoms with van der Waals surface area (Å²) >= 11 is 0. The smallest absolute Gasteiger partial charge is 0.306 e. The van der Waals surface area contributed by atoms with Crippen LogP contribution in [0.15, 0.2) is 12.7 Å². The van der Waals surface area contributed by atoms with Crippen LogP contribution >= 0.6 is 0 Å². The number of unbranched alkanes of at least 4 members (excludes halogenated alkanes) is 6. The quantitative estimate of drug-likeness (QED) is 0.210. The molecule has 0 spiro atoms. The lowest BCUT2D eigenvalue weighted by molar-refractivity contribution is -0.149. The van der Waals surface area contributed by atoms with Gasteiger partial charge in [0.15, 0.2) is 0 Å². The summed E-state index contributed by atoms with van der Waals surface area (Å²) in [6.07, 6.45) is 8.63. The van der Waals surface area contributed by atoms with Crippen molar-refractivity contribution in [1.29, 1.82) is 0 Å². The van der Waals surface area contributed by atoms with Crippen LogP contribution in [-0.4, -0.2) is 68.5 Å². The number of allylic oxidation sites excluding steroid dienone is 1. The minimum atomic E-state index is -4.20. The molecule has 0 amide bonds. The molecule has 1 heterocycles. The molecule has 0 aromatic heterocycles. The maximum absolute atomic E-state index is 12.0. The normalized spacial score (nSPS) is 17.0. The van der Waals surface area contributed by atoms with E-state index in [4.69, 9.17) is 14.0 Å². The first-order valence-electron chi connectivity index (χ1n) is 9.46. The van der Waals surface area contributed by atoms with E-state index in [0.29, 0.717) is 26.3 Å². The molecule has 0 saturated carbocycles. The number of carbonyl (C=O) groups is 1. The van der Waals surface area contributed by atoms with Gasteiger partial charge in [0.2, 0.25) is 0 Å². The van der Waals surface area contributed by atoms with Gasteiger partial charge in [-0.2, -0.15) is 8.42 Å². The third-order valence-corrected chi connectivity index (χ3v) is 5.09. The summed E-state index contributed by atoms with van der Waals surface area (Å²) in [4.78, 5) is 14.0. The van der Waals surface area contributed by atoms with Crippen LogP contribution in [0.1, 0.15) is 51.4 Å². The van der Waals surface area contributed by atoms with Crippen LogP contribution in [0.4, 0.5) is 0 Å². The minimum Gasteiger partial charge on any atom is -0.460 e. The number of rotatable bonds is 14. The Hall–Kier alpha value is -0.960. The van der Waals surface area contributed by atoms with Gasteiger partial charge in [-0.3, -0.25) is 14.2 Å². The predicted octanol–water partition coefficient (Wildman–Crippen LogP) is 2.42. The number of carbonyl (C=O) groups excluding carboxylic acids is 1. The molecule has 8 heteroatoms. The summed E-state index contributed by atoms with van der Waals surface area (Å²) in [5, 5.41) is 0. The summed E-state index contributed by atoms with van der Waals surface area (Å²) in [5.41, 5.74) is 0. The summed E-state index contributed by atoms with van der Waals surface area (Å²) < 4.78 is 42.0. The van der Waals surface area contributed by atoms with E-state index in [1.165, 1.54) is 6.42 Å². The number of ether oxygens (including phenoxy) is 2. The predicted molar refractivity (Wildman–Crippen MR) is 101 cm³/mol. The molecule has 1 unspecified atom stereocenters. The topological polar surface area (TPSA) is 93.1 Å². The van der Waals surface area contributed by atoms with Gasteiger partial charge in [0.25, 0.3) is 10.1 Å². The van der Waals surface area contributed by atoms with Gasteiger partial charge in [-0.25, -0.2) is 0 Å². The lowest BCUT2D eigenvalue weighted by Gasteiger charge is -2.29. The Morgan fingerprint density at radius 2 is 1.77 bits per heavy atom. The molecule has 1 fully saturated rings. The second-order valence-corrected chi connectivity index (χ2v) is 8.22. The molecule has 1 N–H and O–H groups in total. The lowest BCUT2D eigenvalue weighted by atomic mass is 10.1. The zero-order valence-corrected chi connectivity index (χ0v) is 16.4. The summed E-state index contributed by atoms with van der Waals surface area (Å²) in [7, 11) is -4.20. The van der Waals surface area contributed by atoms with E-state index in [2.05, 4.69) is 6.58 Å². The van der Waals surface area contributed by atoms with Crippen molar-refractivity contribution in [2.75, 3.05) is 38.6 Å². The van der Waals surface area contributed by atoms with Crippen molar-refractivity contribution in [2.24, 2.45) is 0 Å². The maximum Gasteiger partial charge on any atom is 0.306 e. The summed E-state index contributed by atoms with van der Waals surface area (Å²) in [6.45, 7) is 6.44. The monoisotopic (exact) mass is 391 g/mol. The van der Waals surface area contributed by atoms with Crippen molar-refractivity contribution in [3.05, 3.63) is 12.7 Å². The van der Waals surface area contributed by atoms with E-state index in [9.17, 15) is 13.2 Å². The van der Waals surface area contributed by atoms with Crippen molar-refractivity contribution in [1.82, 2.24) is 4.90 Å². The first kappa shape index (κ1) is 23.1. The van der Waals surface area contributed by atoms with Crippen LogP contribution in [0, 0.1) is 0 Å². The first-order chi connectivity index (χ1) is 12.4. The number of hydrogen-bond acceptors (Lipinski definition) is 6. The van der Waals surface area contributed by atoms with Crippen LogP contribution in [-0.2, 0) is 24.4 Å². The fourth-order valence-corrected chi connectivity index (χ4v) is 3.58. The van der Waals surface area contributed by atoms with Crippen LogP contribution in [0.2, 0.25) is 0 Å². The Balaban J connectivity index is 2.26. The summed E-state index contributed by atoms with van der Waals surface area (Å²) in [6, 6.07) is 0. The molecule has 26 heavy (non-hydrogen) atoms. The highest BCUT2D eigenvalue weighted by Crippen LogP contribution is 2.11. The molecule has 0 aromatic carbocycles. The highest BCUT2D eigenvalue weighted by Gasteiger charge is 2.24. The zero-order valence-electron chi connectivity index (χ0n) is 15.6. The van der Waals surface area contributed by atoms with Crippen LogP contribution in [0.3, 0.4) is 0 Å². The van der Waals surface area contributed by atoms with Gasteiger partial charge in [-0.15, -0.1) is 6.58 Å². The maximum atomic E-state index is 12.0. The second kappa shape index (κ2) is 13.2. The van der Waals surface area contributed by atoms with E-state index in [0.717, 1.165) is 38.5 Å². The number of esters is 1. The molecule has 0 radical (unpaired) electrons. The van der Waals surface area contributed by atoms with Gasteiger partial charge < -0.3 is 9.47 Å². The molecular formula is C18H33NO6S. The van der Waals surface area contributed by atoms with Crippen LogP contribution in [0.5, 0.6) is 0 Å². The van der Waals surface area contributed by atoms with E-state index >= 15 is 0 Å². The van der Waals surface area contributed by atoms with Gasteiger partial charge in [-0.05, 0) is 19.3 Å². The van der Waals surface area contributed by atoms with Crippen LogP contribution in [0.25, 0.3) is 0 Å². The molecule has 0 bridgehead atoms. The third kappa shape index (κ3) is 12.4.